The van der Waals surface area contributed by atoms with Crippen LogP contribution in [0.4, 0.5) is 26.3 Å². The fraction of sp³-hybridized carbons (Fsp3) is 0.267. The molecule has 4 aromatic rings. The normalized spacial score (nSPS) is 14.0. The molecule has 1 aliphatic carbocycles. The highest BCUT2D eigenvalue weighted by Gasteiger charge is 2.43. The van der Waals surface area contributed by atoms with E-state index in [0.717, 1.165) is 22.9 Å². The Morgan fingerprint density at radius 1 is 1.07 bits per heavy atom. The van der Waals surface area contributed by atoms with Crippen molar-refractivity contribution in [2.75, 3.05) is 0 Å². The van der Waals surface area contributed by atoms with Gasteiger partial charge in [0.25, 0.3) is 5.91 Å². The highest BCUT2D eigenvalue weighted by atomic mass is 19.4. The lowest BCUT2D eigenvalue weighted by Crippen LogP contribution is -2.34. The molecule has 13 heteroatoms. The molecule has 2 amide bonds. The molecule has 2 aromatic heterocycles. The summed E-state index contributed by atoms with van der Waals surface area (Å²) in [7, 11) is 0. The van der Waals surface area contributed by atoms with Gasteiger partial charge in [0.05, 0.1) is 17.3 Å². The summed E-state index contributed by atoms with van der Waals surface area (Å²) >= 11 is 0. The smallest absolute Gasteiger partial charge is 0.366 e. The SMILES string of the molecule is Cc1c(C2CC2)c(C(F)(F)F)nn1CC(=O)N[C@@H](Cc1cc(F)cc(F)c1)c1ncccc1-c1ccc(F)c(C(N)=O)c1. The second-order valence-corrected chi connectivity index (χ2v) is 10.4. The van der Waals surface area contributed by atoms with Crippen LogP contribution in [0, 0.1) is 24.4 Å². The van der Waals surface area contributed by atoms with Crippen LogP contribution in [0.3, 0.4) is 0 Å². The van der Waals surface area contributed by atoms with Crippen LogP contribution in [0.15, 0.2) is 54.7 Å². The fourth-order valence-electron chi connectivity index (χ4n) is 5.16. The zero-order valence-electron chi connectivity index (χ0n) is 22.7. The minimum Gasteiger partial charge on any atom is -0.366 e. The number of hydrogen-bond acceptors (Lipinski definition) is 4. The van der Waals surface area contributed by atoms with E-state index in [0.29, 0.717) is 30.0 Å². The molecule has 2 aromatic carbocycles. The lowest BCUT2D eigenvalue weighted by Gasteiger charge is -2.22. The number of pyridine rings is 1. The third-order valence-corrected chi connectivity index (χ3v) is 7.21. The Morgan fingerprint density at radius 3 is 2.40 bits per heavy atom. The van der Waals surface area contributed by atoms with E-state index in [2.05, 4.69) is 15.4 Å². The second-order valence-electron chi connectivity index (χ2n) is 10.4. The second kappa shape index (κ2) is 11.5. The van der Waals surface area contributed by atoms with Crippen molar-refractivity contribution in [2.45, 2.75) is 50.9 Å². The standard InChI is InChI=1S/C30H25F6N5O2/c1-15-26(17-4-5-17)28(30(34,35)36)40-41(15)14-25(42)39-24(11-16-9-19(31)13-20(32)10-16)27-21(3-2-8-38-27)18-6-7-23(33)22(12-18)29(37)43/h2-3,6-10,12-13,17,24H,4-5,11,14H2,1H3,(H2,37,43)(H,39,42)/t24-/m0/s1. The Balaban J connectivity index is 1.52. The quantitative estimate of drug-likeness (QED) is 0.238. The van der Waals surface area contributed by atoms with Crippen LogP contribution in [0.1, 0.15) is 63.4 Å². The van der Waals surface area contributed by atoms with Gasteiger partial charge in [0.1, 0.15) is 24.0 Å². The van der Waals surface area contributed by atoms with Gasteiger partial charge in [0.15, 0.2) is 5.69 Å². The van der Waals surface area contributed by atoms with Crippen molar-refractivity contribution >= 4 is 11.8 Å². The van der Waals surface area contributed by atoms with Gasteiger partial charge in [0, 0.05) is 29.1 Å². The van der Waals surface area contributed by atoms with Crippen LogP contribution >= 0.6 is 0 Å². The third kappa shape index (κ3) is 6.55. The van der Waals surface area contributed by atoms with Gasteiger partial charge < -0.3 is 11.1 Å². The van der Waals surface area contributed by atoms with Crippen molar-refractivity contribution in [3.63, 3.8) is 0 Å². The number of aromatic nitrogens is 3. The predicted molar refractivity (Wildman–Crippen MR) is 143 cm³/mol. The maximum absolute atomic E-state index is 14.2. The number of carbonyl (C=O) groups is 2. The summed E-state index contributed by atoms with van der Waals surface area (Å²) in [6.07, 6.45) is -2.28. The first-order chi connectivity index (χ1) is 20.3. The highest BCUT2D eigenvalue weighted by Crippen LogP contribution is 2.47. The number of alkyl halides is 3. The van der Waals surface area contributed by atoms with Crippen molar-refractivity contribution in [2.24, 2.45) is 5.73 Å². The number of halogens is 6. The van der Waals surface area contributed by atoms with E-state index in [4.69, 9.17) is 5.73 Å². The molecule has 1 atom stereocenters. The van der Waals surface area contributed by atoms with Gasteiger partial charge in [-0.05, 0) is 73.6 Å². The molecule has 1 saturated carbocycles. The first kappa shape index (κ1) is 29.8. The van der Waals surface area contributed by atoms with Gasteiger partial charge in [-0.15, -0.1) is 0 Å². The lowest BCUT2D eigenvalue weighted by atomic mass is 9.94. The molecule has 0 saturated heterocycles. The molecule has 1 fully saturated rings. The zero-order valence-corrected chi connectivity index (χ0v) is 22.7. The van der Waals surface area contributed by atoms with Crippen molar-refractivity contribution in [1.82, 2.24) is 20.1 Å². The summed E-state index contributed by atoms with van der Waals surface area (Å²) in [6.45, 7) is 0.901. The predicted octanol–water partition coefficient (Wildman–Crippen LogP) is 5.77. The number of amides is 2. The molecule has 0 spiro atoms. The van der Waals surface area contributed by atoms with E-state index in [1.54, 1.807) is 12.1 Å². The summed E-state index contributed by atoms with van der Waals surface area (Å²) in [5, 5.41) is 6.42. The van der Waals surface area contributed by atoms with E-state index < -0.39 is 53.7 Å². The van der Waals surface area contributed by atoms with Crippen LogP contribution < -0.4 is 11.1 Å². The molecule has 43 heavy (non-hydrogen) atoms. The molecule has 224 valence electrons. The number of nitrogens with zero attached hydrogens (tertiary/aromatic N) is 3. The molecular weight excluding hydrogens is 576 g/mol. The number of primary amides is 1. The Kier molecular flexibility index (Phi) is 8.00. The number of nitrogens with one attached hydrogen (secondary N) is 1. The maximum Gasteiger partial charge on any atom is 0.435 e. The van der Waals surface area contributed by atoms with Gasteiger partial charge in [0.2, 0.25) is 5.91 Å². The molecule has 0 aliphatic heterocycles. The molecule has 5 rings (SSSR count). The van der Waals surface area contributed by atoms with Crippen molar-refractivity contribution in [1.29, 1.82) is 0 Å². The topological polar surface area (TPSA) is 103 Å². The summed E-state index contributed by atoms with van der Waals surface area (Å²) in [5.41, 5.74) is 5.18. The Hall–Kier alpha value is -4.68. The Bertz CT molecular complexity index is 1690. The average Bonchev–Trinajstić information content (AvgIpc) is 3.70. The van der Waals surface area contributed by atoms with E-state index in [-0.39, 0.29) is 40.4 Å². The van der Waals surface area contributed by atoms with Crippen LogP contribution in [-0.4, -0.2) is 26.6 Å². The first-order valence-electron chi connectivity index (χ1n) is 13.2. The monoisotopic (exact) mass is 601 g/mol. The van der Waals surface area contributed by atoms with Crippen LogP contribution in [0.5, 0.6) is 0 Å². The first-order valence-corrected chi connectivity index (χ1v) is 13.2. The van der Waals surface area contributed by atoms with Crippen LogP contribution in [-0.2, 0) is 23.9 Å². The van der Waals surface area contributed by atoms with Crippen molar-refractivity contribution in [3.05, 3.63) is 106 Å². The largest absolute Gasteiger partial charge is 0.435 e. The maximum atomic E-state index is 14.2. The molecular formula is C30H25F6N5O2. The fourth-order valence-corrected chi connectivity index (χ4v) is 5.16. The van der Waals surface area contributed by atoms with Crippen LogP contribution in [0.2, 0.25) is 0 Å². The van der Waals surface area contributed by atoms with E-state index in [1.165, 1.54) is 25.3 Å². The summed E-state index contributed by atoms with van der Waals surface area (Å²) in [5.74, 6) is -4.59. The number of carbonyl (C=O) groups excluding carboxylic acids is 2. The molecule has 0 unspecified atom stereocenters. The Labute approximate surface area is 241 Å². The number of benzene rings is 2. The van der Waals surface area contributed by atoms with E-state index in [9.17, 15) is 35.9 Å². The van der Waals surface area contributed by atoms with Gasteiger partial charge >= 0.3 is 6.18 Å². The molecule has 1 aliphatic rings. The van der Waals surface area contributed by atoms with Gasteiger partial charge in [-0.3, -0.25) is 19.3 Å². The van der Waals surface area contributed by atoms with Crippen molar-refractivity contribution in [3.8, 4) is 11.1 Å². The highest BCUT2D eigenvalue weighted by molar-refractivity contribution is 5.94. The summed E-state index contributed by atoms with van der Waals surface area (Å²) in [6, 6.07) is 8.53. The molecule has 3 N–H and O–H groups in total. The molecule has 7 nitrogen and oxygen atoms in total. The summed E-state index contributed by atoms with van der Waals surface area (Å²) < 4.78 is 84.5. The van der Waals surface area contributed by atoms with Gasteiger partial charge in [-0.25, -0.2) is 13.2 Å². The average molecular weight is 602 g/mol. The number of hydrogen-bond donors (Lipinski definition) is 2. The van der Waals surface area contributed by atoms with Crippen LogP contribution in [0.25, 0.3) is 11.1 Å². The molecule has 0 bridgehead atoms. The number of nitrogens with two attached hydrogens (primary N) is 1. The molecule has 2 heterocycles. The Morgan fingerprint density at radius 2 is 1.77 bits per heavy atom. The van der Waals surface area contributed by atoms with Gasteiger partial charge in [-0.1, -0.05) is 12.1 Å². The zero-order chi connectivity index (χ0) is 31.1. The third-order valence-electron chi connectivity index (χ3n) is 7.21. The van der Waals surface area contributed by atoms with E-state index >= 15 is 0 Å². The lowest BCUT2D eigenvalue weighted by molar-refractivity contribution is -0.142. The van der Waals surface area contributed by atoms with E-state index in [1.807, 2.05) is 0 Å². The van der Waals surface area contributed by atoms with Crippen molar-refractivity contribution < 1.29 is 35.9 Å². The minimum absolute atomic E-state index is 0.0701. The molecule has 0 radical (unpaired) electrons. The van der Waals surface area contributed by atoms with Gasteiger partial charge in [-0.2, -0.15) is 18.3 Å². The minimum atomic E-state index is -4.70. The summed E-state index contributed by atoms with van der Waals surface area (Å²) in [4.78, 5) is 29.5. The number of rotatable bonds is 9.